The minimum atomic E-state index is -0.570. The fourth-order valence-corrected chi connectivity index (χ4v) is 3.09. The SMILES string of the molecule is CC(=O)N1CCN(C(=O)c2ccc(Oc3ccc(Cl)cc3[N+](=O)[O-])cc2)CC1. The van der Waals surface area contributed by atoms with E-state index in [1.54, 1.807) is 34.1 Å². The van der Waals surface area contributed by atoms with Crippen LogP contribution in [-0.4, -0.2) is 52.7 Å². The van der Waals surface area contributed by atoms with Crippen LogP contribution >= 0.6 is 11.6 Å². The minimum absolute atomic E-state index is 0.00453. The lowest BCUT2D eigenvalue weighted by Gasteiger charge is -2.34. The molecule has 0 spiro atoms. The maximum absolute atomic E-state index is 12.6. The maximum atomic E-state index is 12.6. The van der Waals surface area contributed by atoms with Crippen molar-refractivity contribution in [1.29, 1.82) is 0 Å². The van der Waals surface area contributed by atoms with Crippen LogP contribution in [0.2, 0.25) is 5.02 Å². The average molecular weight is 404 g/mol. The molecule has 2 aromatic carbocycles. The van der Waals surface area contributed by atoms with Crippen LogP contribution in [0.4, 0.5) is 5.69 Å². The molecule has 146 valence electrons. The lowest BCUT2D eigenvalue weighted by atomic mass is 10.1. The molecular weight excluding hydrogens is 386 g/mol. The van der Waals surface area contributed by atoms with Crippen molar-refractivity contribution in [3.05, 3.63) is 63.2 Å². The minimum Gasteiger partial charge on any atom is -0.450 e. The van der Waals surface area contributed by atoms with Gasteiger partial charge in [-0.3, -0.25) is 19.7 Å². The third-order valence-corrected chi connectivity index (χ3v) is 4.69. The van der Waals surface area contributed by atoms with E-state index >= 15 is 0 Å². The molecule has 0 N–H and O–H groups in total. The number of benzene rings is 2. The summed E-state index contributed by atoms with van der Waals surface area (Å²) in [5.74, 6) is 0.300. The van der Waals surface area contributed by atoms with Gasteiger partial charge in [0.25, 0.3) is 5.91 Å². The molecule has 0 bridgehead atoms. The van der Waals surface area contributed by atoms with Crippen LogP contribution in [0.15, 0.2) is 42.5 Å². The van der Waals surface area contributed by atoms with Crippen LogP contribution in [-0.2, 0) is 4.79 Å². The van der Waals surface area contributed by atoms with E-state index in [-0.39, 0.29) is 28.3 Å². The Bertz CT molecular complexity index is 908. The first kappa shape index (κ1) is 19.6. The summed E-state index contributed by atoms with van der Waals surface area (Å²) in [6, 6.07) is 10.5. The topological polar surface area (TPSA) is 93.0 Å². The van der Waals surface area contributed by atoms with Gasteiger partial charge in [-0.15, -0.1) is 0 Å². The number of carbonyl (C=O) groups excluding carboxylic acids is 2. The number of hydrogen-bond acceptors (Lipinski definition) is 5. The Morgan fingerprint density at radius 3 is 2.21 bits per heavy atom. The van der Waals surface area contributed by atoms with Gasteiger partial charge >= 0.3 is 5.69 Å². The number of nitrogens with zero attached hydrogens (tertiary/aromatic N) is 3. The monoisotopic (exact) mass is 403 g/mol. The molecule has 8 nitrogen and oxygen atoms in total. The Hall–Kier alpha value is -3.13. The van der Waals surface area contributed by atoms with Crippen molar-refractivity contribution in [1.82, 2.24) is 9.80 Å². The van der Waals surface area contributed by atoms with Crippen molar-refractivity contribution < 1.29 is 19.2 Å². The van der Waals surface area contributed by atoms with E-state index in [0.717, 1.165) is 0 Å². The normalized spacial score (nSPS) is 13.9. The summed E-state index contributed by atoms with van der Waals surface area (Å²) >= 11 is 5.80. The molecule has 9 heteroatoms. The van der Waals surface area contributed by atoms with Crippen LogP contribution < -0.4 is 4.74 Å². The van der Waals surface area contributed by atoms with Crippen molar-refractivity contribution in [3.8, 4) is 11.5 Å². The van der Waals surface area contributed by atoms with Crippen molar-refractivity contribution in [2.24, 2.45) is 0 Å². The van der Waals surface area contributed by atoms with Crippen LogP contribution in [0.3, 0.4) is 0 Å². The van der Waals surface area contributed by atoms with Crippen molar-refractivity contribution in [3.63, 3.8) is 0 Å². The van der Waals surface area contributed by atoms with Crippen LogP contribution in [0.25, 0.3) is 0 Å². The predicted molar refractivity (Wildman–Crippen MR) is 103 cm³/mol. The van der Waals surface area contributed by atoms with E-state index in [0.29, 0.717) is 37.5 Å². The predicted octanol–water partition coefficient (Wildman–Crippen LogP) is 3.34. The number of hydrogen-bond donors (Lipinski definition) is 0. The molecule has 0 atom stereocenters. The molecule has 1 fully saturated rings. The Morgan fingerprint density at radius 1 is 1.04 bits per heavy atom. The highest BCUT2D eigenvalue weighted by Gasteiger charge is 2.23. The summed E-state index contributed by atoms with van der Waals surface area (Å²) in [4.78, 5) is 38.0. The quantitative estimate of drug-likeness (QED) is 0.576. The molecule has 2 amide bonds. The molecule has 1 heterocycles. The summed E-state index contributed by atoms with van der Waals surface area (Å²) in [5, 5.41) is 11.4. The Morgan fingerprint density at radius 2 is 1.64 bits per heavy atom. The number of carbonyl (C=O) groups is 2. The lowest BCUT2D eigenvalue weighted by molar-refractivity contribution is -0.385. The van der Waals surface area contributed by atoms with E-state index < -0.39 is 4.92 Å². The first-order valence-electron chi connectivity index (χ1n) is 8.62. The molecule has 0 unspecified atom stereocenters. The van der Waals surface area contributed by atoms with Gasteiger partial charge in [-0.1, -0.05) is 11.6 Å². The number of piperazine rings is 1. The van der Waals surface area contributed by atoms with Gasteiger partial charge in [0.15, 0.2) is 0 Å². The number of ether oxygens (including phenoxy) is 1. The molecule has 1 aliphatic heterocycles. The molecule has 0 aromatic heterocycles. The second kappa shape index (κ2) is 8.26. The third kappa shape index (κ3) is 4.40. The van der Waals surface area contributed by atoms with Gasteiger partial charge in [0.1, 0.15) is 5.75 Å². The smallest absolute Gasteiger partial charge is 0.313 e. The Kier molecular flexibility index (Phi) is 5.79. The van der Waals surface area contributed by atoms with Gasteiger partial charge in [0, 0.05) is 49.8 Å². The van der Waals surface area contributed by atoms with Gasteiger partial charge in [0.2, 0.25) is 11.7 Å². The summed E-state index contributed by atoms with van der Waals surface area (Å²) in [7, 11) is 0. The van der Waals surface area contributed by atoms with Gasteiger partial charge in [-0.25, -0.2) is 0 Å². The van der Waals surface area contributed by atoms with E-state index in [9.17, 15) is 19.7 Å². The summed E-state index contributed by atoms with van der Waals surface area (Å²) < 4.78 is 5.58. The second-order valence-corrected chi connectivity index (χ2v) is 6.73. The highest BCUT2D eigenvalue weighted by Crippen LogP contribution is 2.33. The highest BCUT2D eigenvalue weighted by molar-refractivity contribution is 6.30. The van der Waals surface area contributed by atoms with Gasteiger partial charge in [-0.2, -0.15) is 0 Å². The molecular formula is C19H18ClN3O5. The molecule has 1 aliphatic rings. The Labute approximate surface area is 166 Å². The zero-order chi connectivity index (χ0) is 20.3. The first-order valence-corrected chi connectivity index (χ1v) is 8.99. The van der Waals surface area contributed by atoms with Crippen LogP contribution in [0.1, 0.15) is 17.3 Å². The zero-order valence-electron chi connectivity index (χ0n) is 15.1. The summed E-state index contributed by atoms with van der Waals surface area (Å²) in [5.41, 5.74) is 0.241. The van der Waals surface area contributed by atoms with Crippen molar-refractivity contribution in [2.45, 2.75) is 6.92 Å². The molecule has 28 heavy (non-hydrogen) atoms. The Balaban J connectivity index is 1.68. The van der Waals surface area contributed by atoms with E-state index in [1.165, 1.54) is 25.1 Å². The van der Waals surface area contributed by atoms with E-state index in [4.69, 9.17) is 16.3 Å². The number of nitro benzene ring substituents is 1. The number of amides is 2. The van der Waals surface area contributed by atoms with Gasteiger partial charge < -0.3 is 14.5 Å². The standard InChI is InChI=1S/C19H18ClN3O5/c1-13(24)21-8-10-22(11-9-21)19(25)14-2-5-16(6-3-14)28-18-7-4-15(20)12-17(18)23(26)27/h2-7,12H,8-11H2,1H3. The van der Waals surface area contributed by atoms with E-state index in [1.807, 2.05) is 0 Å². The molecule has 0 aliphatic carbocycles. The summed E-state index contributed by atoms with van der Waals surface area (Å²) in [6.07, 6.45) is 0. The lowest BCUT2D eigenvalue weighted by Crippen LogP contribution is -2.50. The summed E-state index contributed by atoms with van der Waals surface area (Å²) in [6.45, 7) is 3.51. The van der Waals surface area contributed by atoms with Crippen LogP contribution in [0, 0.1) is 10.1 Å². The number of halogens is 1. The second-order valence-electron chi connectivity index (χ2n) is 6.29. The molecule has 1 saturated heterocycles. The molecule has 0 radical (unpaired) electrons. The van der Waals surface area contributed by atoms with Crippen molar-refractivity contribution in [2.75, 3.05) is 26.2 Å². The van der Waals surface area contributed by atoms with Gasteiger partial charge in [-0.05, 0) is 36.4 Å². The molecule has 0 saturated carbocycles. The third-order valence-electron chi connectivity index (χ3n) is 4.46. The maximum Gasteiger partial charge on any atom is 0.313 e. The number of nitro groups is 1. The zero-order valence-corrected chi connectivity index (χ0v) is 15.9. The highest BCUT2D eigenvalue weighted by atomic mass is 35.5. The van der Waals surface area contributed by atoms with Crippen LogP contribution in [0.5, 0.6) is 11.5 Å². The van der Waals surface area contributed by atoms with E-state index in [2.05, 4.69) is 0 Å². The fourth-order valence-electron chi connectivity index (χ4n) is 2.92. The van der Waals surface area contributed by atoms with Crippen molar-refractivity contribution >= 4 is 29.1 Å². The van der Waals surface area contributed by atoms with Gasteiger partial charge in [0.05, 0.1) is 4.92 Å². The number of rotatable bonds is 4. The molecule has 3 rings (SSSR count). The average Bonchev–Trinajstić information content (AvgIpc) is 2.69. The molecule has 2 aromatic rings. The fraction of sp³-hybridized carbons (Fsp3) is 0.263. The largest absolute Gasteiger partial charge is 0.450 e. The first-order chi connectivity index (χ1) is 13.3.